The maximum absolute atomic E-state index is 12.8. The highest BCUT2D eigenvalue weighted by molar-refractivity contribution is 5.90. The Hall–Kier alpha value is -3.37. The second-order valence-corrected chi connectivity index (χ2v) is 9.56. The van der Waals surface area contributed by atoms with Crippen LogP contribution in [0.3, 0.4) is 0 Å². The first-order valence-electron chi connectivity index (χ1n) is 11.0. The molecule has 3 aromatic rings. The molecule has 1 aromatic carbocycles. The Bertz CT molecular complexity index is 1210. The van der Waals surface area contributed by atoms with Crippen LogP contribution < -0.4 is 16.0 Å². The van der Waals surface area contributed by atoms with E-state index in [1.165, 1.54) is 0 Å². The fourth-order valence-corrected chi connectivity index (χ4v) is 3.89. The van der Waals surface area contributed by atoms with E-state index in [1.807, 2.05) is 27.7 Å². The van der Waals surface area contributed by atoms with Crippen LogP contribution in [0.2, 0.25) is 0 Å². The monoisotopic (exact) mass is 476 g/mol. The number of fused-ring (bicyclic) bond motifs is 1. The molecular formula is C23H27F3N6O2. The third-order valence-electron chi connectivity index (χ3n) is 5.66. The summed E-state index contributed by atoms with van der Waals surface area (Å²) in [6, 6.07) is 5.40. The number of nitrogens with one attached hydrogen (secondary N) is 3. The molecule has 11 heteroatoms. The molecule has 1 atom stereocenters. The number of aromatic nitrogens is 3. The predicted octanol–water partition coefficient (Wildman–Crippen LogP) is 4.56. The summed E-state index contributed by atoms with van der Waals surface area (Å²) in [5.41, 5.74) is 2.78. The van der Waals surface area contributed by atoms with Gasteiger partial charge in [0.2, 0.25) is 5.91 Å². The summed E-state index contributed by atoms with van der Waals surface area (Å²) in [4.78, 5) is 16.1. The molecule has 1 amide bonds. The van der Waals surface area contributed by atoms with Gasteiger partial charge in [-0.25, -0.2) is 4.98 Å². The van der Waals surface area contributed by atoms with Crippen LogP contribution in [0.5, 0.6) is 0 Å². The van der Waals surface area contributed by atoms with Gasteiger partial charge in [0.05, 0.1) is 5.52 Å². The van der Waals surface area contributed by atoms with Gasteiger partial charge in [-0.2, -0.15) is 13.2 Å². The lowest BCUT2D eigenvalue weighted by Gasteiger charge is -2.23. The molecule has 0 aliphatic carbocycles. The van der Waals surface area contributed by atoms with Crippen LogP contribution in [-0.2, 0) is 10.2 Å². The Morgan fingerprint density at radius 3 is 2.59 bits per heavy atom. The first-order chi connectivity index (χ1) is 15.9. The van der Waals surface area contributed by atoms with E-state index in [0.29, 0.717) is 36.3 Å². The SMILES string of the molecule is Cc1cc(-c2nnc(NC3CCC(=O)NC3)o2)nc2c(C(C)(C)C)cc(NCC(F)(F)F)cc12. The maximum Gasteiger partial charge on any atom is 0.405 e. The number of benzene rings is 1. The number of rotatable bonds is 5. The molecule has 1 fully saturated rings. The van der Waals surface area contributed by atoms with E-state index in [-0.39, 0.29) is 29.3 Å². The minimum absolute atomic E-state index is 0.00703. The predicted molar refractivity (Wildman–Crippen MR) is 123 cm³/mol. The summed E-state index contributed by atoms with van der Waals surface area (Å²) in [7, 11) is 0. The number of amides is 1. The molecule has 0 spiro atoms. The molecule has 0 bridgehead atoms. The second kappa shape index (κ2) is 8.77. The molecule has 8 nitrogen and oxygen atoms in total. The zero-order valence-corrected chi connectivity index (χ0v) is 19.4. The molecule has 0 radical (unpaired) electrons. The van der Waals surface area contributed by atoms with Crippen LogP contribution in [0, 0.1) is 6.92 Å². The molecular weight excluding hydrogens is 449 g/mol. The van der Waals surface area contributed by atoms with E-state index in [1.54, 1.807) is 18.2 Å². The van der Waals surface area contributed by atoms with Crippen molar-refractivity contribution in [1.29, 1.82) is 0 Å². The van der Waals surface area contributed by atoms with Crippen molar-refractivity contribution < 1.29 is 22.4 Å². The van der Waals surface area contributed by atoms with Gasteiger partial charge in [-0.3, -0.25) is 4.79 Å². The lowest BCUT2D eigenvalue weighted by molar-refractivity contribution is -0.122. The number of carbonyl (C=O) groups excluding carboxylic acids is 1. The van der Waals surface area contributed by atoms with Crippen molar-refractivity contribution in [1.82, 2.24) is 20.5 Å². The van der Waals surface area contributed by atoms with E-state index in [2.05, 4.69) is 26.1 Å². The molecule has 34 heavy (non-hydrogen) atoms. The Morgan fingerprint density at radius 1 is 1.18 bits per heavy atom. The number of piperidine rings is 1. The highest BCUT2D eigenvalue weighted by atomic mass is 19.4. The van der Waals surface area contributed by atoms with Crippen LogP contribution in [0.1, 0.15) is 44.7 Å². The van der Waals surface area contributed by atoms with Crippen LogP contribution in [0.25, 0.3) is 22.5 Å². The number of aryl methyl sites for hydroxylation is 1. The molecule has 1 aliphatic heterocycles. The fraction of sp³-hybridized carbons (Fsp3) is 0.478. The van der Waals surface area contributed by atoms with Gasteiger partial charge in [0, 0.05) is 30.1 Å². The minimum atomic E-state index is -4.32. The lowest BCUT2D eigenvalue weighted by Crippen LogP contribution is -2.41. The van der Waals surface area contributed by atoms with Crippen molar-refractivity contribution in [3.05, 3.63) is 29.3 Å². The topological polar surface area (TPSA) is 105 Å². The highest BCUT2D eigenvalue weighted by Crippen LogP contribution is 2.35. The average molecular weight is 477 g/mol. The first kappa shape index (κ1) is 23.8. The van der Waals surface area contributed by atoms with Crippen LogP contribution in [-0.4, -0.2) is 46.4 Å². The van der Waals surface area contributed by atoms with Crippen molar-refractivity contribution in [3.8, 4) is 11.6 Å². The standard InChI is InChI=1S/C23H27F3N6O2/c1-12-7-17(20-31-32-21(34-20)29-13-5-6-18(33)27-10-13)30-19-15(12)8-14(28-11-23(24,25)26)9-16(19)22(2,3)4/h7-9,13,28H,5-6,10-11H2,1-4H3,(H,27,33)(H,29,32). The summed E-state index contributed by atoms with van der Waals surface area (Å²) >= 11 is 0. The number of pyridine rings is 1. The number of alkyl halides is 3. The zero-order chi connectivity index (χ0) is 24.7. The van der Waals surface area contributed by atoms with Gasteiger partial charge >= 0.3 is 12.2 Å². The molecule has 1 aliphatic rings. The van der Waals surface area contributed by atoms with Gasteiger partial charge in [-0.1, -0.05) is 25.9 Å². The van der Waals surface area contributed by atoms with E-state index in [4.69, 9.17) is 9.40 Å². The smallest absolute Gasteiger partial charge is 0.402 e. The molecule has 1 unspecified atom stereocenters. The summed E-state index contributed by atoms with van der Waals surface area (Å²) in [6.45, 7) is 7.18. The third-order valence-corrected chi connectivity index (χ3v) is 5.66. The normalized spacial score (nSPS) is 17.0. The molecule has 4 rings (SSSR count). The van der Waals surface area contributed by atoms with Crippen molar-refractivity contribution in [3.63, 3.8) is 0 Å². The summed E-state index contributed by atoms with van der Waals surface area (Å²) in [5, 5.41) is 17.3. The molecule has 3 heterocycles. The molecule has 3 N–H and O–H groups in total. The van der Waals surface area contributed by atoms with Gasteiger partial charge in [0.1, 0.15) is 12.2 Å². The maximum atomic E-state index is 12.8. The summed E-state index contributed by atoms with van der Waals surface area (Å²) < 4.78 is 44.0. The number of carbonyl (C=O) groups is 1. The average Bonchev–Trinajstić information content (AvgIpc) is 3.21. The number of hydrogen-bond acceptors (Lipinski definition) is 7. The van der Waals surface area contributed by atoms with Gasteiger partial charge in [-0.05, 0) is 48.1 Å². The van der Waals surface area contributed by atoms with Crippen molar-refractivity contribution >= 4 is 28.5 Å². The highest BCUT2D eigenvalue weighted by Gasteiger charge is 2.28. The number of halogens is 3. The summed E-state index contributed by atoms with van der Waals surface area (Å²) in [6.07, 6.45) is -3.23. The third kappa shape index (κ3) is 5.40. The molecule has 2 aromatic heterocycles. The number of nitrogens with zero attached hydrogens (tertiary/aromatic N) is 3. The fourth-order valence-electron chi connectivity index (χ4n) is 3.89. The van der Waals surface area contributed by atoms with Crippen molar-refractivity contribution in [2.45, 2.75) is 58.2 Å². The Labute approximate surface area is 194 Å². The van der Waals surface area contributed by atoms with Crippen molar-refractivity contribution in [2.24, 2.45) is 0 Å². The Balaban J connectivity index is 1.67. The van der Waals surface area contributed by atoms with Crippen LogP contribution >= 0.6 is 0 Å². The minimum Gasteiger partial charge on any atom is -0.402 e. The first-order valence-corrected chi connectivity index (χ1v) is 11.0. The van der Waals surface area contributed by atoms with E-state index in [0.717, 1.165) is 16.5 Å². The molecule has 0 saturated carbocycles. The van der Waals surface area contributed by atoms with Gasteiger partial charge in [-0.15, -0.1) is 5.10 Å². The largest absolute Gasteiger partial charge is 0.405 e. The van der Waals surface area contributed by atoms with E-state index < -0.39 is 12.7 Å². The Morgan fingerprint density at radius 2 is 1.94 bits per heavy atom. The van der Waals surface area contributed by atoms with Gasteiger partial charge in [0.15, 0.2) is 0 Å². The van der Waals surface area contributed by atoms with Crippen molar-refractivity contribution in [2.75, 3.05) is 23.7 Å². The lowest BCUT2D eigenvalue weighted by atomic mass is 9.84. The molecule has 1 saturated heterocycles. The number of hydrogen-bond donors (Lipinski definition) is 3. The quantitative estimate of drug-likeness (QED) is 0.496. The number of anilines is 2. The second-order valence-electron chi connectivity index (χ2n) is 9.56. The van der Waals surface area contributed by atoms with Gasteiger partial charge in [0.25, 0.3) is 5.89 Å². The van der Waals surface area contributed by atoms with E-state index >= 15 is 0 Å². The Kier molecular flexibility index (Phi) is 6.13. The van der Waals surface area contributed by atoms with E-state index in [9.17, 15) is 18.0 Å². The van der Waals surface area contributed by atoms with Crippen LogP contribution in [0.15, 0.2) is 22.6 Å². The summed E-state index contributed by atoms with van der Waals surface area (Å²) in [5.74, 6) is 0.248. The van der Waals surface area contributed by atoms with Gasteiger partial charge < -0.3 is 20.4 Å². The molecule has 182 valence electrons. The zero-order valence-electron chi connectivity index (χ0n) is 19.4. The van der Waals surface area contributed by atoms with Crippen LogP contribution in [0.4, 0.5) is 24.9 Å².